The molecule has 1 aromatic heterocycles. The Labute approximate surface area is 143 Å². The quantitative estimate of drug-likeness (QED) is 0.901. The number of amides is 1. The largest absolute Gasteiger partial charge is 0.481 e. The standard InChI is InChI=1S/C18H18FNO3S/c19-15-6-2-1-5-13(15)17-14(18(22)23)7-8-16(21)20(17)10-9-12-4-3-11-24-12/h1-6,11,14,17H,7-10H2,(H,22,23)/t14-,17-/m1/s1. The number of likely N-dealkylation sites (tertiary alicyclic amines) is 1. The number of aliphatic carboxylic acids is 1. The Balaban J connectivity index is 1.93. The van der Waals surface area contributed by atoms with E-state index in [1.165, 1.54) is 6.07 Å². The molecule has 0 bridgehead atoms. The van der Waals surface area contributed by atoms with Gasteiger partial charge in [-0.3, -0.25) is 9.59 Å². The number of halogens is 1. The van der Waals surface area contributed by atoms with Crippen LogP contribution in [0.15, 0.2) is 41.8 Å². The van der Waals surface area contributed by atoms with Gasteiger partial charge in [-0.25, -0.2) is 4.39 Å². The summed E-state index contributed by atoms with van der Waals surface area (Å²) in [6.45, 7) is 0.391. The van der Waals surface area contributed by atoms with Crippen molar-refractivity contribution in [2.75, 3.05) is 6.54 Å². The Hall–Kier alpha value is -2.21. The molecule has 4 nitrogen and oxygen atoms in total. The van der Waals surface area contributed by atoms with Gasteiger partial charge in [-0.15, -0.1) is 11.3 Å². The molecule has 1 aliphatic heterocycles. The Morgan fingerprint density at radius 1 is 1.29 bits per heavy atom. The van der Waals surface area contributed by atoms with Crippen LogP contribution in [-0.4, -0.2) is 28.4 Å². The van der Waals surface area contributed by atoms with Gasteiger partial charge in [-0.2, -0.15) is 0 Å². The number of carboxylic acid groups (broad SMARTS) is 1. The molecule has 0 saturated carbocycles. The van der Waals surface area contributed by atoms with Crippen molar-refractivity contribution in [1.29, 1.82) is 0 Å². The Morgan fingerprint density at radius 2 is 2.08 bits per heavy atom. The van der Waals surface area contributed by atoms with E-state index in [1.54, 1.807) is 34.4 Å². The van der Waals surface area contributed by atoms with Crippen LogP contribution in [-0.2, 0) is 16.0 Å². The molecule has 1 fully saturated rings. The van der Waals surface area contributed by atoms with Gasteiger partial charge in [-0.05, 0) is 30.4 Å². The molecule has 1 saturated heterocycles. The molecule has 24 heavy (non-hydrogen) atoms. The summed E-state index contributed by atoms with van der Waals surface area (Å²) in [7, 11) is 0. The minimum atomic E-state index is -0.989. The van der Waals surface area contributed by atoms with Crippen LogP contribution in [0.2, 0.25) is 0 Å². The monoisotopic (exact) mass is 347 g/mol. The number of benzene rings is 1. The number of hydrogen-bond donors (Lipinski definition) is 1. The summed E-state index contributed by atoms with van der Waals surface area (Å²) in [5, 5.41) is 11.5. The van der Waals surface area contributed by atoms with Crippen molar-refractivity contribution in [2.45, 2.75) is 25.3 Å². The lowest BCUT2D eigenvalue weighted by Gasteiger charge is -2.40. The van der Waals surface area contributed by atoms with Gasteiger partial charge in [0.15, 0.2) is 0 Å². The summed E-state index contributed by atoms with van der Waals surface area (Å²) >= 11 is 1.59. The van der Waals surface area contributed by atoms with Gasteiger partial charge in [0.05, 0.1) is 12.0 Å². The fourth-order valence-corrected chi connectivity index (χ4v) is 3.96. The Kier molecular flexibility index (Phi) is 4.94. The van der Waals surface area contributed by atoms with Gasteiger partial charge in [-0.1, -0.05) is 24.3 Å². The maximum Gasteiger partial charge on any atom is 0.308 e. The SMILES string of the molecule is O=C(O)[C@@H]1CCC(=O)N(CCc2cccs2)[C@@H]1c1ccccc1F. The molecule has 126 valence electrons. The first kappa shape index (κ1) is 16.6. The van der Waals surface area contributed by atoms with Crippen LogP contribution in [0.5, 0.6) is 0 Å². The molecule has 0 unspecified atom stereocenters. The number of thiophene rings is 1. The van der Waals surface area contributed by atoms with E-state index in [9.17, 15) is 19.1 Å². The number of carbonyl (C=O) groups is 2. The van der Waals surface area contributed by atoms with Crippen LogP contribution in [0.1, 0.15) is 29.3 Å². The Bertz CT molecular complexity index is 732. The number of rotatable bonds is 5. The summed E-state index contributed by atoms with van der Waals surface area (Å²) in [5.74, 6) is -2.36. The fraction of sp³-hybridized carbons (Fsp3) is 0.333. The number of carboxylic acids is 1. The lowest BCUT2D eigenvalue weighted by molar-refractivity contribution is -0.152. The number of carbonyl (C=O) groups excluding carboxylic acids is 1. The molecular formula is C18H18FNO3S. The second-order valence-electron chi connectivity index (χ2n) is 5.87. The molecular weight excluding hydrogens is 329 g/mol. The van der Waals surface area contributed by atoms with E-state index in [4.69, 9.17) is 0 Å². The van der Waals surface area contributed by atoms with Crippen molar-refractivity contribution in [2.24, 2.45) is 5.92 Å². The zero-order valence-corrected chi connectivity index (χ0v) is 13.8. The average molecular weight is 347 g/mol. The van der Waals surface area contributed by atoms with Gasteiger partial charge in [0.1, 0.15) is 5.82 Å². The number of hydrogen-bond acceptors (Lipinski definition) is 3. The molecule has 0 spiro atoms. The second-order valence-corrected chi connectivity index (χ2v) is 6.90. The first-order chi connectivity index (χ1) is 11.6. The van der Waals surface area contributed by atoms with E-state index >= 15 is 0 Å². The second kappa shape index (κ2) is 7.13. The summed E-state index contributed by atoms with van der Waals surface area (Å²) < 4.78 is 14.3. The fourth-order valence-electron chi connectivity index (χ4n) is 3.26. The third-order valence-electron chi connectivity index (χ3n) is 4.43. The topological polar surface area (TPSA) is 57.6 Å². The molecule has 2 aromatic rings. The van der Waals surface area contributed by atoms with Crippen molar-refractivity contribution >= 4 is 23.2 Å². The van der Waals surface area contributed by atoms with Gasteiger partial charge < -0.3 is 10.0 Å². The minimum absolute atomic E-state index is 0.114. The normalized spacial score (nSPS) is 21.0. The molecule has 2 atom stereocenters. The molecule has 1 amide bonds. The van der Waals surface area contributed by atoms with Gasteiger partial charge in [0, 0.05) is 23.4 Å². The first-order valence-corrected chi connectivity index (χ1v) is 8.75. The number of piperidine rings is 1. The van der Waals surface area contributed by atoms with Crippen molar-refractivity contribution in [3.8, 4) is 0 Å². The van der Waals surface area contributed by atoms with Gasteiger partial charge in [0.2, 0.25) is 5.91 Å². The maximum absolute atomic E-state index is 14.3. The van der Waals surface area contributed by atoms with E-state index in [2.05, 4.69) is 0 Å². The summed E-state index contributed by atoms with van der Waals surface area (Å²) in [4.78, 5) is 26.8. The van der Waals surface area contributed by atoms with E-state index in [1.807, 2.05) is 17.5 Å². The predicted molar refractivity (Wildman–Crippen MR) is 89.2 cm³/mol. The molecule has 3 rings (SSSR count). The molecule has 2 heterocycles. The number of nitrogens with zero attached hydrogens (tertiary/aromatic N) is 1. The summed E-state index contributed by atoms with van der Waals surface area (Å²) in [6.07, 6.45) is 1.07. The van der Waals surface area contributed by atoms with Crippen LogP contribution in [0.25, 0.3) is 0 Å². The molecule has 1 N–H and O–H groups in total. The van der Waals surface area contributed by atoms with E-state index in [0.29, 0.717) is 13.0 Å². The lowest BCUT2D eigenvalue weighted by Crippen LogP contribution is -2.46. The minimum Gasteiger partial charge on any atom is -0.481 e. The van der Waals surface area contributed by atoms with Gasteiger partial charge in [0.25, 0.3) is 0 Å². The highest BCUT2D eigenvalue weighted by atomic mass is 32.1. The molecule has 0 aliphatic carbocycles. The average Bonchev–Trinajstić information content (AvgIpc) is 3.07. The Morgan fingerprint density at radius 3 is 2.75 bits per heavy atom. The predicted octanol–water partition coefficient (Wildman–Crippen LogP) is 3.49. The first-order valence-electron chi connectivity index (χ1n) is 7.87. The highest BCUT2D eigenvalue weighted by Gasteiger charge is 2.41. The van der Waals surface area contributed by atoms with Crippen LogP contribution >= 0.6 is 11.3 Å². The third-order valence-corrected chi connectivity index (χ3v) is 5.36. The van der Waals surface area contributed by atoms with Crippen molar-refractivity contribution in [1.82, 2.24) is 4.90 Å². The van der Waals surface area contributed by atoms with Crippen molar-refractivity contribution < 1.29 is 19.1 Å². The van der Waals surface area contributed by atoms with E-state index in [0.717, 1.165) is 4.88 Å². The highest BCUT2D eigenvalue weighted by molar-refractivity contribution is 7.09. The zero-order valence-electron chi connectivity index (χ0n) is 13.0. The smallest absolute Gasteiger partial charge is 0.308 e. The molecule has 0 radical (unpaired) electrons. The maximum atomic E-state index is 14.3. The van der Waals surface area contributed by atoms with Gasteiger partial charge >= 0.3 is 5.97 Å². The van der Waals surface area contributed by atoms with Crippen LogP contribution in [0.3, 0.4) is 0 Å². The molecule has 6 heteroatoms. The molecule has 1 aromatic carbocycles. The van der Waals surface area contributed by atoms with E-state index in [-0.39, 0.29) is 24.3 Å². The lowest BCUT2D eigenvalue weighted by atomic mass is 9.84. The van der Waals surface area contributed by atoms with E-state index < -0.39 is 23.7 Å². The van der Waals surface area contributed by atoms with Crippen molar-refractivity contribution in [3.63, 3.8) is 0 Å². The zero-order chi connectivity index (χ0) is 17.1. The van der Waals surface area contributed by atoms with Crippen LogP contribution < -0.4 is 0 Å². The third kappa shape index (κ3) is 3.33. The van der Waals surface area contributed by atoms with Crippen molar-refractivity contribution in [3.05, 3.63) is 58.0 Å². The molecule has 1 aliphatic rings. The summed E-state index contributed by atoms with van der Waals surface area (Å²) in [6, 6.07) is 9.28. The van der Waals surface area contributed by atoms with Crippen LogP contribution in [0.4, 0.5) is 4.39 Å². The van der Waals surface area contributed by atoms with Crippen LogP contribution in [0, 0.1) is 11.7 Å². The highest BCUT2D eigenvalue weighted by Crippen LogP contribution is 2.38. The summed E-state index contributed by atoms with van der Waals surface area (Å²) in [5.41, 5.74) is 0.282.